The zero-order valence-electron chi connectivity index (χ0n) is 17.3. The van der Waals surface area contributed by atoms with Crippen molar-refractivity contribution in [3.63, 3.8) is 0 Å². The SMILES string of the molecule is Cc1cc(C(=O)Cc2ccc(C(=O)O)cc2F)n(Cc2csc(N3CCCCC3)n2)c1. The zero-order chi connectivity index (χ0) is 22.0. The molecule has 0 radical (unpaired) electrons. The number of piperidine rings is 1. The van der Waals surface area contributed by atoms with E-state index in [0.717, 1.165) is 35.5 Å². The molecule has 6 nitrogen and oxygen atoms in total. The van der Waals surface area contributed by atoms with Gasteiger partial charge in [-0.1, -0.05) is 6.07 Å². The van der Waals surface area contributed by atoms with Crippen molar-refractivity contribution in [1.82, 2.24) is 9.55 Å². The quantitative estimate of drug-likeness (QED) is 0.544. The Morgan fingerprint density at radius 3 is 2.68 bits per heavy atom. The highest BCUT2D eigenvalue weighted by molar-refractivity contribution is 7.13. The molecular formula is C23H24FN3O3S. The summed E-state index contributed by atoms with van der Waals surface area (Å²) in [6, 6.07) is 5.42. The van der Waals surface area contributed by atoms with E-state index in [2.05, 4.69) is 4.90 Å². The topological polar surface area (TPSA) is 75.4 Å². The Bertz CT molecular complexity index is 1120. The highest BCUT2D eigenvalue weighted by atomic mass is 32.1. The number of carbonyl (C=O) groups is 2. The van der Waals surface area contributed by atoms with E-state index >= 15 is 0 Å². The predicted octanol–water partition coefficient (Wildman–Crippen LogP) is 4.55. The van der Waals surface area contributed by atoms with Crippen LogP contribution in [0.3, 0.4) is 0 Å². The normalized spacial score (nSPS) is 14.1. The second-order valence-electron chi connectivity index (χ2n) is 7.91. The Kier molecular flexibility index (Phi) is 6.18. The molecule has 8 heteroatoms. The van der Waals surface area contributed by atoms with Crippen LogP contribution in [0.25, 0.3) is 0 Å². The molecule has 1 aromatic carbocycles. The molecule has 1 saturated heterocycles. The van der Waals surface area contributed by atoms with Gasteiger partial charge in [-0.05, 0) is 55.5 Å². The van der Waals surface area contributed by atoms with Crippen molar-refractivity contribution in [2.24, 2.45) is 0 Å². The van der Waals surface area contributed by atoms with Gasteiger partial charge in [0.1, 0.15) is 5.82 Å². The first-order valence-electron chi connectivity index (χ1n) is 10.3. The molecular weight excluding hydrogens is 417 g/mol. The number of carboxylic acid groups (broad SMARTS) is 1. The number of carboxylic acids is 1. The van der Waals surface area contributed by atoms with Gasteiger partial charge in [-0.2, -0.15) is 0 Å². The molecule has 1 aliphatic rings. The van der Waals surface area contributed by atoms with Gasteiger partial charge in [0.15, 0.2) is 10.9 Å². The Labute approximate surface area is 184 Å². The molecule has 31 heavy (non-hydrogen) atoms. The van der Waals surface area contributed by atoms with Crippen LogP contribution in [0.2, 0.25) is 0 Å². The fourth-order valence-corrected chi connectivity index (χ4v) is 4.75. The molecule has 162 valence electrons. The van der Waals surface area contributed by atoms with E-state index in [4.69, 9.17) is 10.1 Å². The molecule has 3 aromatic rings. The van der Waals surface area contributed by atoms with Crippen LogP contribution in [0.4, 0.5) is 9.52 Å². The van der Waals surface area contributed by atoms with Crippen LogP contribution in [0, 0.1) is 12.7 Å². The van der Waals surface area contributed by atoms with E-state index in [1.807, 2.05) is 23.1 Å². The molecule has 0 spiro atoms. The summed E-state index contributed by atoms with van der Waals surface area (Å²) in [6.45, 7) is 4.45. The summed E-state index contributed by atoms with van der Waals surface area (Å²) >= 11 is 1.62. The smallest absolute Gasteiger partial charge is 0.335 e. The van der Waals surface area contributed by atoms with Crippen LogP contribution in [0.15, 0.2) is 35.8 Å². The molecule has 0 bridgehead atoms. The lowest BCUT2D eigenvalue weighted by Crippen LogP contribution is -2.29. The summed E-state index contributed by atoms with van der Waals surface area (Å²) in [5.41, 5.74) is 2.37. The van der Waals surface area contributed by atoms with Crippen LogP contribution in [0.1, 0.15) is 56.9 Å². The van der Waals surface area contributed by atoms with Crippen molar-refractivity contribution in [2.75, 3.05) is 18.0 Å². The number of halogens is 1. The first kappa shape index (κ1) is 21.2. The molecule has 0 unspecified atom stereocenters. The number of hydrogen-bond acceptors (Lipinski definition) is 5. The number of thiazole rings is 1. The maximum atomic E-state index is 14.3. The van der Waals surface area contributed by atoms with E-state index < -0.39 is 11.8 Å². The summed E-state index contributed by atoms with van der Waals surface area (Å²) in [5, 5.41) is 12.0. The number of ketones is 1. The lowest BCUT2D eigenvalue weighted by molar-refractivity contribution is 0.0696. The number of aryl methyl sites for hydroxylation is 1. The minimum Gasteiger partial charge on any atom is -0.478 e. The second kappa shape index (κ2) is 9.01. The number of rotatable bonds is 7. The molecule has 1 N–H and O–H groups in total. The number of nitrogens with zero attached hydrogens (tertiary/aromatic N) is 3. The van der Waals surface area contributed by atoms with E-state index in [0.29, 0.717) is 12.2 Å². The van der Waals surface area contributed by atoms with Crippen molar-refractivity contribution in [1.29, 1.82) is 0 Å². The van der Waals surface area contributed by atoms with E-state index in [1.165, 1.54) is 31.4 Å². The lowest BCUT2D eigenvalue weighted by Gasteiger charge is -2.25. The molecule has 0 saturated carbocycles. The average Bonchev–Trinajstić information content (AvgIpc) is 3.36. The van der Waals surface area contributed by atoms with E-state index in [9.17, 15) is 14.0 Å². The number of carbonyl (C=O) groups excluding carboxylic acids is 1. The van der Waals surface area contributed by atoms with Crippen LogP contribution in [-0.2, 0) is 13.0 Å². The first-order valence-corrected chi connectivity index (χ1v) is 11.2. The molecule has 1 aliphatic heterocycles. The Morgan fingerprint density at radius 2 is 1.97 bits per heavy atom. The van der Waals surface area contributed by atoms with Crippen LogP contribution in [-0.4, -0.2) is 39.5 Å². The predicted molar refractivity (Wildman–Crippen MR) is 118 cm³/mol. The van der Waals surface area contributed by atoms with Gasteiger partial charge >= 0.3 is 5.97 Å². The van der Waals surface area contributed by atoms with Gasteiger partial charge in [0, 0.05) is 31.1 Å². The van der Waals surface area contributed by atoms with Gasteiger partial charge in [-0.25, -0.2) is 14.2 Å². The average molecular weight is 442 g/mol. The maximum absolute atomic E-state index is 14.3. The first-order chi connectivity index (χ1) is 14.9. The Balaban J connectivity index is 1.50. The molecule has 2 aromatic heterocycles. The highest BCUT2D eigenvalue weighted by Gasteiger charge is 2.19. The summed E-state index contributed by atoms with van der Waals surface area (Å²) < 4.78 is 16.1. The summed E-state index contributed by atoms with van der Waals surface area (Å²) in [4.78, 5) is 31.0. The molecule has 0 amide bonds. The van der Waals surface area contributed by atoms with Crippen molar-refractivity contribution >= 4 is 28.2 Å². The highest BCUT2D eigenvalue weighted by Crippen LogP contribution is 2.25. The standard InChI is InChI=1S/C23H24FN3O3S/c1-15-9-20(21(28)11-16-5-6-17(22(29)30)10-19(16)24)27(12-15)13-18-14-31-23(25-18)26-7-3-2-4-8-26/h5-6,9-10,12,14H,2-4,7-8,11,13H2,1H3,(H,29,30). The van der Waals surface area contributed by atoms with Gasteiger partial charge in [0.05, 0.1) is 23.5 Å². The Morgan fingerprint density at radius 1 is 1.19 bits per heavy atom. The van der Waals surface area contributed by atoms with Crippen molar-refractivity contribution in [3.8, 4) is 0 Å². The van der Waals surface area contributed by atoms with Gasteiger partial charge in [0.2, 0.25) is 0 Å². The molecule has 4 rings (SSSR count). The Hall–Kier alpha value is -3.00. The van der Waals surface area contributed by atoms with Gasteiger partial charge in [0.25, 0.3) is 0 Å². The van der Waals surface area contributed by atoms with E-state index in [-0.39, 0.29) is 23.3 Å². The van der Waals surface area contributed by atoms with Crippen LogP contribution < -0.4 is 4.90 Å². The fourth-order valence-electron chi connectivity index (χ4n) is 3.88. The third kappa shape index (κ3) is 4.85. The van der Waals surface area contributed by atoms with Crippen molar-refractivity contribution in [2.45, 2.75) is 39.2 Å². The summed E-state index contributed by atoms with van der Waals surface area (Å²) in [7, 11) is 0. The minimum atomic E-state index is -1.20. The van der Waals surface area contributed by atoms with Gasteiger partial charge < -0.3 is 14.6 Å². The van der Waals surface area contributed by atoms with Gasteiger partial charge in [-0.3, -0.25) is 4.79 Å². The number of aromatic nitrogens is 2. The van der Waals surface area contributed by atoms with Gasteiger partial charge in [-0.15, -0.1) is 11.3 Å². The molecule has 1 fully saturated rings. The molecule has 3 heterocycles. The summed E-state index contributed by atoms with van der Waals surface area (Å²) in [6.07, 6.45) is 5.41. The van der Waals surface area contributed by atoms with Crippen LogP contribution >= 0.6 is 11.3 Å². The third-order valence-corrected chi connectivity index (χ3v) is 6.42. The number of Topliss-reactive ketones (excluding diaryl/α,β-unsaturated/α-hetero) is 1. The van der Waals surface area contributed by atoms with Crippen LogP contribution in [0.5, 0.6) is 0 Å². The fraction of sp³-hybridized carbons (Fsp3) is 0.348. The monoisotopic (exact) mass is 441 g/mol. The number of aromatic carboxylic acids is 1. The summed E-state index contributed by atoms with van der Waals surface area (Å²) in [5.74, 6) is -2.11. The van der Waals surface area contributed by atoms with Crippen molar-refractivity contribution in [3.05, 3.63) is 69.7 Å². The minimum absolute atomic E-state index is 0.134. The number of anilines is 1. The number of hydrogen-bond donors (Lipinski definition) is 1. The zero-order valence-corrected chi connectivity index (χ0v) is 18.1. The molecule has 0 atom stereocenters. The maximum Gasteiger partial charge on any atom is 0.335 e. The number of benzene rings is 1. The largest absolute Gasteiger partial charge is 0.478 e. The van der Waals surface area contributed by atoms with E-state index in [1.54, 1.807) is 17.4 Å². The third-order valence-electron chi connectivity index (χ3n) is 5.47. The molecule has 0 aliphatic carbocycles. The lowest BCUT2D eigenvalue weighted by atomic mass is 10.0. The second-order valence-corrected chi connectivity index (χ2v) is 8.75. The van der Waals surface area contributed by atoms with Crippen molar-refractivity contribution < 1.29 is 19.1 Å².